The second-order valence-electron chi connectivity index (χ2n) is 25.2. The second-order valence-corrected chi connectivity index (χ2v) is 25.2. The van der Waals surface area contributed by atoms with Gasteiger partial charge in [-0.25, -0.2) is 0 Å². The van der Waals surface area contributed by atoms with Crippen molar-refractivity contribution in [1.29, 1.82) is 0 Å². The van der Waals surface area contributed by atoms with Gasteiger partial charge in [0.05, 0.1) is 20.0 Å². The lowest BCUT2D eigenvalue weighted by Crippen LogP contribution is -2.32. The molecule has 0 spiro atoms. The van der Waals surface area contributed by atoms with Gasteiger partial charge in [0.2, 0.25) is 0 Å². The Morgan fingerprint density at radius 2 is 0.829 bits per heavy atom. The Labute approximate surface area is 461 Å². The molecule has 2 saturated heterocycles. The summed E-state index contributed by atoms with van der Waals surface area (Å²) in [6, 6.07) is 26.6. The topological polar surface area (TPSA) is 19.4 Å². The third-order valence-corrected chi connectivity index (χ3v) is 17.8. The lowest BCUT2D eigenvalue weighted by atomic mass is 9.77. The highest BCUT2D eigenvalue weighted by Crippen LogP contribution is 2.44. The molecule has 6 heteroatoms. The van der Waals surface area contributed by atoms with Gasteiger partial charge in [-0.05, 0) is 182 Å². The summed E-state index contributed by atoms with van der Waals surface area (Å²) in [7, 11) is 0. The minimum atomic E-state index is 0.421. The van der Waals surface area contributed by atoms with Crippen LogP contribution in [0.15, 0.2) is 102 Å². The van der Waals surface area contributed by atoms with E-state index in [-0.39, 0.29) is 0 Å². The molecule has 4 aliphatic rings. The predicted molar refractivity (Wildman–Crippen MR) is 329 cm³/mol. The van der Waals surface area contributed by atoms with E-state index < -0.39 is 0 Å². The summed E-state index contributed by atoms with van der Waals surface area (Å²) in [5.74, 6) is 2.83. The van der Waals surface area contributed by atoms with Crippen LogP contribution in [0.4, 0.5) is 28.4 Å². The Bertz CT molecular complexity index is 2940. The fourth-order valence-electron chi connectivity index (χ4n) is 14.3. The average Bonchev–Trinajstić information content (AvgIpc) is 4.15. The zero-order chi connectivity index (χ0) is 54.6. The van der Waals surface area contributed by atoms with Crippen LogP contribution in [0.5, 0.6) is 0 Å². The second kappa shape index (κ2) is 22.2. The lowest BCUT2D eigenvalue weighted by Gasteiger charge is -2.37. The molecular weight excluding hydrogens is 925 g/mol. The van der Waals surface area contributed by atoms with Gasteiger partial charge in [0.25, 0.3) is 0 Å². The van der Waals surface area contributed by atoms with E-state index in [9.17, 15) is 0 Å². The molecule has 0 bridgehead atoms. The lowest BCUT2D eigenvalue weighted by molar-refractivity contribution is 0.324. The van der Waals surface area contributed by atoms with Crippen LogP contribution < -0.4 is 24.5 Å². The van der Waals surface area contributed by atoms with Gasteiger partial charge in [-0.1, -0.05) is 153 Å². The maximum atomic E-state index is 2.70. The molecule has 1 aliphatic carbocycles. The van der Waals surface area contributed by atoms with Crippen molar-refractivity contribution in [3.8, 4) is 0 Å². The van der Waals surface area contributed by atoms with Crippen molar-refractivity contribution in [2.75, 3.05) is 70.7 Å². The molecule has 0 aromatic heterocycles. The van der Waals surface area contributed by atoms with E-state index in [1.165, 1.54) is 112 Å². The fraction of sp³-hybridized carbons (Fsp3) is 0.486. The summed E-state index contributed by atoms with van der Waals surface area (Å²) in [6.45, 7) is 49.2. The number of allylic oxidation sites excluding steroid dienone is 4. The zero-order valence-electron chi connectivity index (χ0n) is 50.3. The van der Waals surface area contributed by atoms with Crippen molar-refractivity contribution in [3.05, 3.63) is 180 Å². The van der Waals surface area contributed by atoms with Gasteiger partial charge in [-0.3, -0.25) is 0 Å². The first-order valence-electron chi connectivity index (χ1n) is 29.3. The molecule has 9 rings (SSSR count). The maximum absolute atomic E-state index is 2.70. The molecule has 5 aromatic carbocycles. The van der Waals surface area contributed by atoms with Gasteiger partial charge in [-0.2, -0.15) is 0 Å². The first kappa shape index (κ1) is 54.9. The van der Waals surface area contributed by atoms with Crippen LogP contribution in [-0.2, 0) is 12.8 Å². The Morgan fingerprint density at radius 1 is 0.421 bits per heavy atom. The molecule has 76 heavy (non-hydrogen) atoms. The van der Waals surface area contributed by atoms with Crippen LogP contribution >= 0.6 is 0 Å². The maximum Gasteiger partial charge on any atom is 0.0989 e. The van der Waals surface area contributed by atoms with Crippen molar-refractivity contribution in [3.63, 3.8) is 0 Å². The molecule has 0 saturated carbocycles. The van der Waals surface area contributed by atoms with Crippen molar-refractivity contribution >= 4 is 28.4 Å². The molecule has 0 radical (unpaired) electrons. The van der Waals surface area contributed by atoms with E-state index in [0.717, 1.165) is 65.4 Å². The summed E-state index contributed by atoms with van der Waals surface area (Å²) < 4.78 is 0. The fourth-order valence-corrected chi connectivity index (χ4v) is 14.3. The summed E-state index contributed by atoms with van der Waals surface area (Å²) in [4.78, 5) is 15.6. The minimum absolute atomic E-state index is 0.421. The van der Waals surface area contributed by atoms with E-state index in [1.54, 1.807) is 11.3 Å². The van der Waals surface area contributed by atoms with Crippen molar-refractivity contribution in [2.24, 2.45) is 11.8 Å². The molecule has 3 heterocycles. The van der Waals surface area contributed by atoms with Crippen LogP contribution in [0.3, 0.4) is 0 Å². The first-order chi connectivity index (χ1) is 36.1. The zero-order valence-corrected chi connectivity index (χ0v) is 50.3. The van der Waals surface area contributed by atoms with Crippen molar-refractivity contribution < 1.29 is 0 Å². The molecule has 2 unspecified atom stereocenters. The van der Waals surface area contributed by atoms with Crippen LogP contribution in [-0.4, -0.2) is 51.1 Å². The monoisotopic (exact) mass is 1020 g/mol. The quantitative estimate of drug-likeness (QED) is 0.103. The van der Waals surface area contributed by atoms with Gasteiger partial charge < -0.3 is 29.4 Å². The molecule has 404 valence electrons. The predicted octanol–water partition coefficient (Wildman–Crippen LogP) is 17.2. The third-order valence-electron chi connectivity index (χ3n) is 17.8. The molecule has 5 aromatic rings. The molecule has 2 fully saturated rings. The number of aryl methyl sites for hydroxylation is 8. The molecule has 3 aliphatic heterocycles. The minimum Gasteiger partial charge on any atom is -0.355 e. The Balaban J connectivity index is 0.865. The normalized spacial score (nSPS) is 18.2. The van der Waals surface area contributed by atoms with E-state index in [0.29, 0.717) is 35.5 Å². The highest BCUT2D eigenvalue weighted by Gasteiger charge is 2.34. The Hall–Kier alpha value is -5.88. The molecule has 0 N–H and O–H groups in total. The number of benzene rings is 5. The Kier molecular flexibility index (Phi) is 16.1. The highest BCUT2D eigenvalue weighted by atomic mass is 15.4. The standard InChI is InChI=1S/C70H94N6/c1-43(2)61-20-19-21-62(44(3)4)69(61)75-28-29-76(42-75)70-63(45(5)6)38-59(39-64(70)46(7)8)37-58-34-52(14)67(53(15)35-58)72-25-24-71(40-72)66-50(12)32-57(33-51(66)13)22-23-60-36-54(16)68(56(18)55(60)17)74-27-26-73(41-74)65-48(10)30-47(9)31-49(65)11/h19-21,24-25,30-36,38-39,43-46,55-56H,22-23,26-29,37,40-42H2,1-18H3. The van der Waals surface area contributed by atoms with E-state index in [1.807, 2.05) is 0 Å². The number of rotatable bonds is 15. The molecule has 0 amide bonds. The van der Waals surface area contributed by atoms with Crippen LogP contribution in [0.1, 0.15) is 184 Å². The summed E-state index contributed by atoms with van der Waals surface area (Å²) in [5.41, 5.74) is 31.3. The van der Waals surface area contributed by atoms with Gasteiger partial charge in [0.15, 0.2) is 0 Å². The Morgan fingerprint density at radius 3 is 1.32 bits per heavy atom. The van der Waals surface area contributed by atoms with Gasteiger partial charge in [0.1, 0.15) is 0 Å². The molecule has 2 atom stereocenters. The summed E-state index contributed by atoms with van der Waals surface area (Å²) >= 11 is 0. The van der Waals surface area contributed by atoms with E-state index >= 15 is 0 Å². The average molecular weight is 1020 g/mol. The van der Waals surface area contributed by atoms with Crippen molar-refractivity contribution in [2.45, 2.75) is 168 Å². The summed E-state index contributed by atoms with van der Waals surface area (Å²) in [6.07, 6.45) is 10.2. The smallest absolute Gasteiger partial charge is 0.0989 e. The number of hydrogen-bond acceptors (Lipinski definition) is 6. The number of hydrogen-bond donors (Lipinski definition) is 0. The largest absolute Gasteiger partial charge is 0.355 e. The van der Waals surface area contributed by atoms with E-state index in [4.69, 9.17) is 0 Å². The molecular formula is C70H94N6. The van der Waals surface area contributed by atoms with Gasteiger partial charge in [-0.15, -0.1) is 0 Å². The molecule has 6 nitrogen and oxygen atoms in total. The van der Waals surface area contributed by atoms with Crippen LogP contribution in [0.25, 0.3) is 0 Å². The van der Waals surface area contributed by atoms with E-state index in [2.05, 4.69) is 239 Å². The number of para-hydroxylation sites is 1. The number of anilines is 5. The van der Waals surface area contributed by atoms with Crippen LogP contribution in [0, 0.1) is 60.3 Å². The SMILES string of the molecule is CC1=C(N2CCN(c3c(C)cc(C)cc3C)C2)C(C)C(C)C(CCc2cc(C)c(N3C=CN(c4c(C)cc(Cc5cc(C(C)C)c(N6CCN(c7c(C(C)C)cccc7C(C)C)C6)c(C(C)C)c5)cc4C)C3)c(C)c2)=C1. The van der Waals surface area contributed by atoms with Gasteiger partial charge >= 0.3 is 0 Å². The number of nitrogens with zero attached hydrogens (tertiary/aromatic N) is 6. The summed E-state index contributed by atoms with van der Waals surface area (Å²) in [5, 5.41) is 0. The highest BCUT2D eigenvalue weighted by molar-refractivity contribution is 5.71. The first-order valence-corrected chi connectivity index (χ1v) is 29.3. The van der Waals surface area contributed by atoms with Crippen molar-refractivity contribution in [1.82, 2.24) is 4.90 Å². The van der Waals surface area contributed by atoms with Gasteiger partial charge in [0, 0.05) is 78.6 Å². The third kappa shape index (κ3) is 10.9. The van der Waals surface area contributed by atoms with Crippen LogP contribution in [0.2, 0.25) is 0 Å².